The molecule has 1 aromatic carbocycles. The van der Waals surface area contributed by atoms with Crippen molar-refractivity contribution in [2.24, 2.45) is 5.92 Å². The third-order valence-electron chi connectivity index (χ3n) is 4.99. The van der Waals surface area contributed by atoms with E-state index in [-0.39, 0.29) is 11.8 Å². The van der Waals surface area contributed by atoms with E-state index in [1.165, 1.54) is 4.31 Å². The van der Waals surface area contributed by atoms with Gasteiger partial charge < -0.3 is 5.32 Å². The molecule has 150 valence electrons. The van der Waals surface area contributed by atoms with Gasteiger partial charge in [0.05, 0.1) is 4.90 Å². The average Bonchev–Trinajstić information content (AvgIpc) is 2.70. The number of hydrogen-bond acceptors (Lipinski definition) is 4. The summed E-state index contributed by atoms with van der Waals surface area (Å²) < 4.78 is 28.1. The fourth-order valence-electron chi connectivity index (χ4n) is 3.21. The van der Waals surface area contributed by atoms with E-state index in [4.69, 9.17) is 0 Å². The van der Waals surface area contributed by atoms with Crippen LogP contribution >= 0.6 is 15.9 Å². The predicted octanol–water partition coefficient (Wildman–Crippen LogP) is 4.01. The van der Waals surface area contributed by atoms with Gasteiger partial charge in [-0.2, -0.15) is 4.31 Å². The quantitative estimate of drug-likeness (QED) is 0.723. The highest BCUT2D eigenvalue weighted by atomic mass is 79.9. The lowest BCUT2D eigenvalue weighted by Crippen LogP contribution is -2.41. The summed E-state index contributed by atoms with van der Waals surface area (Å²) in [5.74, 6) is 0.507. The second kappa shape index (κ2) is 8.71. The zero-order valence-corrected chi connectivity index (χ0v) is 18.3. The predicted molar refractivity (Wildman–Crippen MR) is 113 cm³/mol. The lowest BCUT2D eigenvalue weighted by atomic mass is 9.97. The Hall–Kier alpha value is -1.77. The van der Waals surface area contributed by atoms with Crippen molar-refractivity contribution < 1.29 is 13.2 Å². The van der Waals surface area contributed by atoms with Gasteiger partial charge >= 0.3 is 0 Å². The number of aromatic nitrogens is 1. The molecule has 1 saturated heterocycles. The van der Waals surface area contributed by atoms with Crippen LogP contribution in [-0.4, -0.2) is 36.7 Å². The number of sulfonamides is 1. The lowest BCUT2D eigenvalue weighted by molar-refractivity contribution is -0.120. The summed E-state index contributed by atoms with van der Waals surface area (Å²) in [6.07, 6.45) is 2.60. The Morgan fingerprint density at radius 1 is 1.14 bits per heavy atom. The number of rotatable bonds is 5. The van der Waals surface area contributed by atoms with Crippen LogP contribution < -0.4 is 5.32 Å². The fourth-order valence-corrected chi connectivity index (χ4v) is 4.91. The molecule has 2 heterocycles. The topological polar surface area (TPSA) is 79.4 Å². The zero-order chi connectivity index (χ0) is 20.3. The number of pyridine rings is 1. The molecule has 0 spiro atoms. The summed E-state index contributed by atoms with van der Waals surface area (Å²) in [6, 6.07) is 10.6. The normalized spacial score (nSPS) is 16.3. The number of anilines is 1. The Bertz CT molecular complexity index is 920. The summed E-state index contributed by atoms with van der Waals surface area (Å²) in [5.41, 5.74) is 1.11. The van der Waals surface area contributed by atoms with E-state index in [1.807, 2.05) is 18.2 Å². The van der Waals surface area contributed by atoms with Crippen LogP contribution in [0.3, 0.4) is 0 Å². The van der Waals surface area contributed by atoms with E-state index in [0.717, 1.165) is 10.0 Å². The monoisotopic (exact) mass is 465 g/mol. The molecule has 6 nitrogen and oxygen atoms in total. The SMILES string of the molecule is CC(C)c1ccc(S(=O)(=O)N2CCC(C(=O)Nc3ccc(Br)cn3)CC2)cc1. The van der Waals surface area contributed by atoms with Gasteiger partial charge in [-0.25, -0.2) is 13.4 Å². The molecule has 0 saturated carbocycles. The van der Waals surface area contributed by atoms with Crippen molar-refractivity contribution >= 4 is 37.7 Å². The Labute approximate surface area is 174 Å². The molecule has 0 bridgehead atoms. The van der Waals surface area contributed by atoms with Crippen molar-refractivity contribution in [3.8, 4) is 0 Å². The molecule has 8 heteroatoms. The van der Waals surface area contributed by atoms with Crippen molar-refractivity contribution in [2.45, 2.75) is 37.5 Å². The van der Waals surface area contributed by atoms with Crippen molar-refractivity contribution in [1.82, 2.24) is 9.29 Å². The van der Waals surface area contributed by atoms with Gasteiger partial charge in [-0.1, -0.05) is 26.0 Å². The number of benzene rings is 1. The first-order valence-corrected chi connectivity index (χ1v) is 11.5. The summed E-state index contributed by atoms with van der Waals surface area (Å²) in [4.78, 5) is 16.9. The molecule has 1 aromatic heterocycles. The molecule has 1 fully saturated rings. The van der Waals surface area contributed by atoms with E-state index in [9.17, 15) is 13.2 Å². The maximum Gasteiger partial charge on any atom is 0.243 e. The minimum Gasteiger partial charge on any atom is -0.310 e. The van der Waals surface area contributed by atoms with Crippen molar-refractivity contribution in [3.63, 3.8) is 0 Å². The summed E-state index contributed by atoms with van der Waals surface area (Å²) in [7, 11) is -3.53. The molecule has 1 aliphatic heterocycles. The number of nitrogens with one attached hydrogen (secondary N) is 1. The molecule has 0 aliphatic carbocycles. The van der Waals surface area contributed by atoms with Crippen molar-refractivity contribution in [3.05, 3.63) is 52.6 Å². The first-order valence-electron chi connectivity index (χ1n) is 9.30. The Balaban J connectivity index is 1.60. The first kappa shape index (κ1) is 21.0. The van der Waals surface area contributed by atoms with Crippen LogP contribution in [0.5, 0.6) is 0 Å². The molecule has 0 unspecified atom stereocenters. The molecule has 28 heavy (non-hydrogen) atoms. The molecular formula is C20H24BrN3O3S. The Kier molecular flexibility index (Phi) is 6.52. The number of piperidine rings is 1. The van der Waals surface area contributed by atoms with Crippen LogP contribution in [0.1, 0.15) is 38.2 Å². The molecule has 1 amide bonds. The molecular weight excluding hydrogens is 442 g/mol. The number of nitrogens with zero attached hydrogens (tertiary/aromatic N) is 2. The summed E-state index contributed by atoms with van der Waals surface area (Å²) in [6.45, 7) is 4.81. The van der Waals surface area contributed by atoms with Crippen LogP contribution in [0.2, 0.25) is 0 Å². The molecule has 1 N–H and O–H groups in total. The van der Waals surface area contributed by atoms with Gasteiger partial charge in [-0.15, -0.1) is 0 Å². The van der Waals surface area contributed by atoms with Crippen LogP contribution in [0.25, 0.3) is 0 Å². The highest BCUT2D eigenvalue weighted by Gasteiger charge is 2.32. The van der Waals surface area contributed by atoms with E-state index >= 15 is 0 Å². The second-order valence-electron chi connectivity index (χ2n) is 7.25. The van der Waals surface area contributed by atoms with Crippen LogP contribution in [0.15, 0.2) is 52.0 Å². The fraction of sp³-hybridized carbons (Fsp3) is 0.400. The third kappa shape index (κ3) is 4.79. The standard InChI is InChI=1S/C20H24BrN3O3S/c1-14(2)15-3-6-18(7-4-15)28(26,27)24-11-9-16(10-12-24)20(25)23-19-8-5-17(21)13-22-19/h3-8,13-14,16H,9-12H2,1-2H3,(H,22,23,25). The zero-order valence-electron chi connectivity index (χ0n) is 15.9. The van der Waals surface area contributed by atoms with Gasteiger partial charge in [0, 0.05) is 29.7 Å². The van der Waals surface area contributed by atoms with E-state index in [1.54, 1.807) is 24.4 Å². The van der Waals surface area contributed by atoms with Gasteiger partial charge in [0.2, 0.25) is 15.9 Å². The van der Waals surface area contributed by atoms with E-state index < -0.39 is 10.0 Å². The van der Waals surface area contributed by atoms with Gasteiger partial charge in [0.25, 0.3) is 0 Å². The van der Waals surface area contributed by atoms with E-state index in [2.05, 4.69) is 40.1 Å². The van der Waals surface area contributed by atoms with Gasteiger partial charge in [-0.3, -0.25) is 4.79 Å². The third-order valence-corrected chi connectivity index (χ3v) is 7.37. The Morgan fingerprint density at radius 3 is 2.32 bits per heavy atom. The van der Waals surface area contributed by atoms with Crippen molar-refractivity contribution in [2.75, 3.05) is 18.4 Å². The van der Waals surface area contributed by atoms with Crippen molar-refractivity contribution in [1.29, 1.82) is 0 Å². The molecule has 2 aromatic rings. The average molecular weight is 466 g/mol. The maximum atomic E-state index is 12.9. The maximum absolute atomic E-state index is 12.9. The van der Waals surface area contributed by atoms with Gasteiger partial charge in [-0.05, 0) is 64.5 Å². The largest absolute Gasteiger partial charge is 0.310 e. The minimum absolute atomic E-state index is 0.117. The number of hydrogen-bond donors (Lipinski definition) is 1. The Morgan fingerprint density at radius 2 is 1.79 bits per heavy atom. The molecule has 0 atom stereocenters. The smallest absolute Gasteiger partial charge is 0.243 e. The van der Waals surface area contributed by atoms with E-state index in [0.29, 0.717) is 42.6 Å². The highest BCUT2D eigenvalue weighted by Crippen LogP contribution is 2.26. The molecule has 3 rings (SSSR count). The minimum atomic E-state index is -3.53. The first-order chi connectivity index (χ1) is 13.3. The number of carbonyl (C=O) groups is 1. The second-order valence-corrected chi connectivity index (χ2v) is 10.1. The number of amides is 1. The lowest BCUT2D eigenvalue weighted by Gasteiger charge is -2.30. The van der Waals surface area contributed by atoms with Gasteiger partial charge in [0.15, 0.2) is 0 Å². The summed E-state index contributed by atoms with van der Waals surface area (Å²) >= 11 is 3.31. The van der Waals surface area contributed by atoms with Crippen LogP contribution in [0.4, 0.5) is 5.82 Å². The van der Waals surface area contributed by atoms with Crippen LogP contribution in [0, 0.1) is 5.92 Å². The number of carbonyl (C=O) groups excluding carboxylic acids is 1. The van der Waals surface area contributed by atoms with Crippen LogP contribution in [-0.2, 0) is 14.8 Å². The number of halogens is 1. The molecule has 0 radical (unpaired) electrons. The highest BCUT2D eigenvalue weighted by molar-refractivity contribution is 9.10. The molecule has 1 aliphatic rings. The van der Waals surface area contributed by atoms with Gasteiger partial charge in [0.1, 0.15) is 5.82 Å². The summed E-state index contributed by atoms with van der Waals surface area (Å²) in [5, 5.41) is 2.80.